The van der Waals surface area contributed by atoms with Crippen LogP contribution in [0.2, 0.25) is 5.02 Å². The van der Waals surface area contributed by atoms with Crippen molar-refractivity contribution in [1.82, 2.24) is 0 Å². The van der Waals surface area contributed by atoms with Gasteiger partial charge in [0, 0.05) is 11.4 Å². The molecule has 0 bridgehead atoms. The number of hydrogen-bond donors (Lipinski definition) is 1. The molecule has 0 heterocycles. The summed E-state index contributed by atoms with van der Waals surface area (Å²) in [7, 11) is 0. The predicted octanol–water partition coefficient (Wildman–Crippen LogP) is 4.02. The summed E-state index contributed by atoms with van der Waals surface area (Å²) < 4.78 is 35.9. The molecule has 0 aliphatic heterocycles. The first-order valence-electron chi connectivity index (χ1n) is 4.80. The summed E-state index contributed by atoms with van der Waals surface area (Å²) in [5.74, 6) is 0. The highest BCUT2D eigenvalue weighted by atomic mass is 35.5. The molecule has 1 nitrogen and oxygen atoms in total. The second-order valence-electron chi connectivity index (χ2n) is 3.73. The topological polar surface area (TPSA) is 20.2 Å². The third-order valence-electron chi connectivity index (χ3n) is 2.15. The van der Waals surface area contributed by atoms with E-state index in [2.05, 4.69) is 0 Å². The normalized spacial score (nSPS) is 13.9. The van der Waals surface area contributed by atoms with E-state index in [-0.39, 0.29) is 6.42 Å². The maximum absolute atomic E-state index is 12.0. The minimum Gasteiger partial charge on any atom is -0.388 e. The molecule has 0 fully saturated rings. The molecular weight excluding hydrogens is 241 g/mol. The van der Waals surface area contributed by atoms with E-state index in [0.717, 1.165) is 5.56 Å². The van der Waals surface area contributed by atoms with Crippen LogP contribution >= 0.6 is 11.6 Å². The second-order valence-corrected chi connectivity index (χ2v) is 4.17. The lowest BCUT2D eigenvalue weighted by Gasteiger charge is -2.13. The highest BCUT2D eigenvalue weighted by Gasteiger charge is 2.28. The number of hydrogen-bond acceptors (Lipinski definition) is 1. The molecule has 0 radical (unpaired) electrons. The molecule has 1 N–H and O–H groups in total. The number of alkyl halides is 3. The van der Waals surface area contributed by atoms with Gasteiger partial charge in [-0.05, 0) is 36.6 Å². The van der Waals surface area contributed by atoms with Crippen LogP contribution in [0.4, 0.5) is 13.2 Å². The highest BCUT2D eigenvalue weighted by molar-refractivity contribution is 6.30. The molecule has 0 saturated carbocycles. The largest absolute Gasteiger partial charge is 0.389 e. The van der Waals surface area contributed by atoms with Gasteiger partial charge < -0.3 is 5.11 Å². The van der Waals surface area contributed by atoms with Crippen molar-refractivity contribution >= 4 is 11.6 Å². The molecule has 0 aliphatic rings. The standard InChI is InChI=1S/C11H12ClF3O/c1-7-4-8(6-9(12)5-7)10(16)2-3-11(13,14)15/h4-6,10,16H,2-3H2,1H3. The molecule has 0 aromatic heterocycles. The van der Waals surface area contributed by atoms with Crippen LogP contribution < -0.4 is 0 Å². The lowest BCUT2D eigenvalue weighted by atomic mass is 10.0. The van der Waals surface area contributed by atoms with Crippen molar-refractivity contribution in [2.75, 3.05) is 0 Å². The van der Waals surface area contributed by atoms with Crippen molar-refractivity contribution in [2.24, 2.45) is 0 Å². The number of rotatable bonds is 3. The van der Waals surface area contributed by atoms with Crippen LogP contribution in [0.5, 0.6) is 0 Å². The van der Waals surface area contributed by atoms with Gasteiger partial charge in [-0.3, -0.25) is 0 Å². The van der Waals surface area contributed by atoms with E-state index in [4.69, 9.17) is 11.6 Å². The predicted molar refractivity (Wildman–Crippen MR) is 56.4 cm³/mol. The Labute approximate surface area is 96.9 Å². The molecule has 16 heavy (non-hydrogen) atoms. The van der Waals surface area contributed by atoms with Crippen LogP contribution in [0.15, 0.2) is 18.2 Å². The lowest BCUT2D eigenvalue weighted by Crippen LogP contribution is -2.10. The first-order valence-corrected chi connectivity index (χ1v) is 5.17. The first kappa shape index (κ1) is 13.3. The average Bonchev–Trinajstić information content (AvgIpc) is 2.11. The summed E-state index contributed by atoms with van der Waals surface area (Å²) >= 11 is 5.75. The molecule has 1 aromatic carbocycles. The Morgan fingerprint density at radius 3 is 2.44 bits per heavy atom. The Morgan fingerprint density at radius 2 is 1.94 bits per heavy atom. The van der Waals surface area contributed by atoms with E-state index in [1.54, 1.807) is 19.1 Å². The number of aliphatic hydroxyl groups is 1. The Morgan fingerprint density at radius 1 is 1.31 bits per heavy atom. The fourth-order valence-electron chi connectivity index (χ4n) is 1.42. The van der Waals surface area contributed by atoms with Crippen LogP contribution in [0.1, 0.15) is 30.1 Å². The van der Waals surface area contributed by atoms with E-state index in [1.165, 1.54) is 6.07 Å². The zero-order chi connectivity index (χ0) is 12.3. The number of benzene rings is 1. The first-order chi connectivity index (χ1) is 7.28. The van der Waals surface area contributed by atoms with Crippen LogP contribution in [0.25, 0.3) is 0 Å². The van der Waals surface area contributed by atoms with Gasteiger partial charge in [0.25, 0.3) is 0 Å². The van der Waals surface area contributed by atoms with Gasteiger partial charge in [0.1, 0.15) is 0 Å². The van der Waals surface area contributed by atoms with E-state index in [9.17, 15) is 18.3 Å². The molecule has 5 heteroatoms. The molecule has 0 spiro atoms. The Bertz CT molecular complexity index is 342. The van der Waals surface area contributed by atoms with E-state index in [0.29, 0.717) is 10.6 Å². The van der Waals surface area contributed by atoms with Gasteiger partial charge in [-0.15, -0.1) is 0 Å². The van der Waals surface area contributed by atoms with Gasteiger partial charge in [-0.25, -0.2) is 0 Å². The molecule has 1 rings (SSSR count). The van der Waals surface area contributed by atoms with E-state index >= 15 is 0 Å². The number of aryl methyl sites for hydroxylation is 1. The van der Waals surface area contributed by atoms with Gasteiger partial charge >= 0.3 is 6.18 Å². The molecule has 90 valence electrons. The average molecular weight is 253 g/mol. The van der Waals surface area contributed by atoms with Gasteiger partial charge in [0.05, 0.1) is 6.10 Å². The summed E-state index contributed by atoms with van der Waals surface area (Å²) in [4.78, 5) is 0. The SMILES string of the molecule is Cc1cc(Cl)cc(C(O)CCC(F)(F)F)c1. The van der Waals surface area contributed by atoms with Crippen LogP contribution in [-0.2, 0) is 0 Å². The lowest BCUT2D eigenvalue weighted by molar-refractivity contribution is -0.140. The Hall–Kier alpha value is -0.740. The maximum atomic E-state index is 12.0. The molecule has 1 aromatic rings. The van der Waals surface area contributed by atoms with Crippen molar-refractivity contribution in [3.05, 3.63) is 34.3 Å². The third-order valence-corrected chi connectivity index (χ3v) is 2.37. The van der Waals surface area contributed by atoms with Crippen molar-refractivity contribution < 1.29 is 18.3 Å². The summed E-state index contributed by atoms with van der Waals surface area (Å²) in [6, 6.07) is 4.80. The van der Waals surface area contributed by atoms with Crippen LogP contribution in [-0.4, -0.2) is 11.3 Å². The molecule has 1 unspecified atom stereocenters. The third kappa shape index (κ3) is 4.41. The zero-order valence-corrected chi connectivity index (χ0v) is 9.44. The van der Waals surface area contributed by atoms with Crippen molar-refractivity contribution in [3.63, 3.8) is 0 Å². The van der Waals surface area contributed by atoms with E-state index in [1.807, 2.05) is 0 Å². The second kappa shape index (κ2) is 5.06. The molecule has 1 atom stereocenters. The van der Waals surface area contributed by atoms with Gasteiger partial charge in [-0.2, -0.15) is 13.2 Å². The van der Waals surface area contributed by atoms with Gasteiger partial charge in [0.2, 0.25) is 0 Å². The minimum absolute atomic E-state index is 0.344. The number of aliphatic hydroxyl groups excluding tert-OH is 1. The van der Waals surface area contributed by atoms with Crippen molar-refractivity contribution in [2.45, 2.75) is 32.0 Å². The molecular formula is C11H12ClF3O. The maximum Gasteiger partial charge on any atom is 0.389 e. The summed E-state index contributed by atoms with van der Waals surface area (Å²) in [6.45, 7) is 1.77. The fourth-order valence-corrected chi connectivity index (χ4v) is 1.72. The van der Waals surface area contributed by atoms with Crippen LogP contribution in [0.3, 0.4) is 0 Å². The molecule has 0 aliphatic carbocycles. The minimum atomic E-state index is -4.24. The summed E-state index contributed by atoms with van der Waals surface area (Å²) in [6.07, 6.45) is -6.71. The fraction of sp³-hybridized carbons (Fsp3) is 0.455. The molecule has 0 amide bonds. The quantitative estimate of drug-likeness (QED) is 0.861. The smallest absolute Gasteiger partial charge is 0.388 e. The van der Waals surface area contributed by atoms with Gasteiger partial charge in [-0.1, -0.05) is 17.7 Å². The van der Waals surface area contributed by atoms with Crippen molar-refractivity contribution in [3.8, 4) is 0 Å². The Kier molecular flexibility index (Phi) is 4.21. The van der Waals surface area contributed by atoms with E-state index < -0.39 is 18.7 Å². The highest BCUT2D eigenvalue weighted by Crippen LogP contribution is 2.29. The number of halogens is 4. The molecule has 0 saturated heterocycles. The monoisotopic (exact) mass is 252 g/mol. The zero-order valence-electron chi connectivity index (χ0n) is 8.68. The summed E-state index contributed by atoms with van der Waals surface area (Å²) in [5, 5.41) is 9.99. The van der Waals surface area contributed by atoms with Crippen LogP contribution in [0, 0.1) is 6.92 Å². The van der Waals surface area contributed by atoms with Gasteiger partial charge in [0.15, 0.2) is 0 Å². The Balaban J connectivity index is 2.69. The van der Waals surface area contributed by atoms with Crippen molar-refractivity contribution in [1.29, 1.82) is 0 Å². The summed E-state index contributed by atoms with van der Waals surface area (Å²) in [5.41, 5.74) is 1.24.